The number of nitrogens with zero attached hydrogens (tertiary/aromatic N) is 2. The molecule has 0 aromatic rings. The third-order valence-electron chi connectivity index (χ3n) is 3.24. The van der Waals surface area contributed by atoms with Crippen molar-refractivity contribution in [3.05, 3.63) is 0 Å². The predicted octanol–water partition coefficient (Wildman–Crippen LogP) is -2.23. The maximum Gasteiger partial charge on any atom is 0.315 e. The Balaban J connectivity index is 2.02. The quantitative estimate of drug-likeness (QED) is 0.484. The number of carbonyl (C=O) groups is 2. The number of amides is 3. The minimum Gasteiger partial charge on any atom is -0.351 e. The lowest BCUT2D eigenvalue weighted by atomic mass is 10.1. The number of nitrogens with one attached hydrogen (secondary N) is 2. The topological polar surface area (TPSA) is 90.7 Å². The standard InChI is InChI=1S/C10H19N5O2/c11-10(17)15-6-3-13-7-8(15)9(16)14-4-1-12-2-5-14/h8,12-13H,1-7H2,(H2,11,17). The van der Waals surface area contributed by atoms with E-state index >= 15 is 0 Å². The first-order chi connectivity index (χ1) is 8.20. The second-order valence-corrected chi connectivity index (χ2v) is 4.33. The number of primary amides is 1. The molecule has 0 aliphatic carbocycles. The second-order valence-electron chi connectivity index (χ2n) is 4.33. The highest BCUT2D eigenvalue weighted by molar-refractivity contribution is 5.87. The van der Waals surface area contributed by atoms with Gasteiger partial charge < -0.3 is 26.2 Å². The summed E-state index contributed by atoms with van der Waals surface area (Å²) in [6.45, 7) is 4.69. The Morgan fingerprint density at radius 2 is 1.71 bits per heavy atom. The number of carbonyl (C=O) groups excluding carboxylic acids is 2. The number of piperazine rings is 2. The fraction of sp³-hybridized carbons (Fsp3) is 0.800. The maximum atomic E-state index is 12.3. The van der Waals surface area contributed by atoms with E-state index in [4.69, 9.17) is 5.73 Å². The Hall–Kier alpha value is -1.34. The molecule has 0 bridgehead atoms. The maximum absolute atomic E-state index is 12.3. The van der Waals surface area contributed by atoms with Crippen molar-refractivity contribution in [3.63, 3.8) is 0 Å². The summed E-state index contributed by atoms with van der Waals surface area (Å²) in [5, 5.41) is 6.32. The highest BCUT2D eigenvalue weighted by Gasteiger charge is 2.34. The molecule has 2 saturated heterocycles. The average molecular weight is 241 g/mol. The predicted molar refractivity (Wildman–Crippen MR) is 62.4 cm³/mol. The van der Waals surface area contributed by atoms with Crippen LogP contribution < -0.4 is 16.4 Å². The highest BCUT2D eigenvalue weighted by Crippen LogP contribution is 2.08. The van der Waals surface area contributed by atoms with Crippen LogP contribution in [0.5, 0.6) is 0 Å². The smallest absolute Gasteiger partial charge is 0.315 e. The van der Waals surface area contributed by atoms with Gasteiger partial charge in [-0.05, 0) is 0 Å². The summed E-state index contributed by atoms with van der Waals surface area (Å²) in [5.41, 5.74) is 5.30. The van der Waals surface area contributed by atoms with Crippen LogP contribution in [0.15, 0.2) is 0 Å². The lowest BCUT2D eigenvalue weighted by Crippen LogP contribution is -2.62. The van der Waals surface area contributed by atoms with Crippen molar-refractivity contribution >= 4 is 11.9 Å². The van der Waals surface area contributed by atoms with Gasteiger partial charge in [0.25, 0.3) is 0 Å². The van der Waals surface area contributed by atoms with Crippen molar-refractivity contribution in [2.45, 2.75) is 6.04 Å². The third-order valence-corrected chi connectivity index (χ3v) is 3.24. The van der Waals surface area contributed by atoms with E-state index in [9.17, 15) is 9.59 Å². The molecule has 1 unspecified atom stereocenters. The molecule has 7 heteroatoms. The van der Waals surface area contributed by atoms with Crippen LogP contribution >= 0.6 is 0 Å². The van der Waals surface area contributed by atoms with Gasteiger partial charge in [0, 0.05) is 45.8 Å². The summed E-state index contributed by atoms with van der Waals surface area (Å²) in [4.78, 5) is 26.8. The third kappa shape index (κ3) is 2.67. The van der Waals surface area contributed by atoms with Crippen LogP contribution in [0, 0.1) is 0 Å². The van der Waals surface area contributed by atoms with Crippen molar-refractivity contribution in [1.29, 1.82) is 0 Å². The monoisotopic (exact) mass is 241 g/mol. The Labute approximate surface area is 100 Å². The molecule has 0 spiro atoms. The molecule has 0 aromatic heterocycles. The Morgan fingerprint density at radius 1 is 1.06 bits per heavy atom. The van der Waals surface area contributed by atoms with Crippen molar-refractivity contribution in [2.24, 2.45) is 5.73 Å². The fourth-order valence-corrected chi connectivity index (χ4v) is 2.28. The Bertz CT molecular complexity index is 303. The largest absolute Gasteiger partial charge is 0.351 e. The molecule has 2 heterocycles. The lowest BCUT2D eigenvalue weighted by molar-refractivity contribution is -0.137. The minimum atomic E-state index is -0.514. The summed E-state index contributed by atoms with van der Waals surface area (Å²) >= 11 is 0. The minimum absolute atomic E-state index is 0.00231. The number of hydrogen-bond donors (Lipinski definition) is 3. The zero-order valence-corrected chi connectivity index (χ0v) is 9.82. The average Bonchev–Trinajstić information content (AvgIpc) is 2.39. The van der Waals surface area contributed by atoms with E-state index in [2.05, 4.69) is 10.6 Å². The van der Waals surface area contributed by atoms with E-state index in [-0.39, 0.29) is 5.91 Å². The molecule has 0 aromatic carbocycles. The SMILES string of the molecule is NC(=O)N1CCNCC1C(=O)N1CCNCC1. The normalized spacial score (nSPS) is 25.8. The number of hydrogen-bond acceptors (Lipinski definition) is 4. The number of rotatable bonds is 1. The van der Waals surface area contributed by atoms with E-state index in [1.54, 1.807) is 4.90 Å². The fourth-order valence-electron chi connectivity index (χ4n) is 2.28. The van der Waals surface area contributed by atoms with E-state index in [0.717, 1.165) is 13.1 Å². The second kappa shape index (κ2) is 5.33. The molecule has 0 saturated carbocycles. The molecule has 17 heavy (non-hydrogen) atoms. The van der Waals surface area contributed by atoms with Gasteiger partial charge in [0.05, 0.1) is 0 Å². The zero-order valence-electron chi connectivity index (χ0n) is 9.82. The number of urea groups is 1. The van der Waals surface area contributed by atoms with Crippen LogP contribution in [0.3, 0.4) is 0 Å². The van der Waals surface area contributed by atoms with Gasteiger partial charge in [0.2, 0.25) is 5.91 Å². The molecular weight excluding hydrogens is 222 g/mol. The molecule has 1 atom stereocenters. The summed E-state index contributed by atoms with van der Waals surface area (Å²) in [6, 6.07) is -0.959. The van der Waals surface area contributed by atoms with Crippen molar-refractivity contribution in [1.82, 2.24) is 20.4 Å². The zero-order chi connectivity index (χ0) is 12.3. The van der Waals surface area contributed by atoms with Gasteiger partial charge in [-0.15, -0.1) is 0 Å². The molecule has 3 amide bonds. The first-order valence-electron chi connectivity index (χ1n) is 5.96. The van der Waals surface area contributed by atoms with Gasteiger partial charge in [-0.25, -0.2) is 4.79 Å². The van der Waals surface area contributed by atoms with Crippen LogP contribution in [0.4, 0.5) is 4.79 Å². The van der Waals surface area contributed by atoms with Crippen LogP contribution in [0.25, 0.3) is 0 Å². The molecule has 2 rings (SSSR count). The van der Waals surface area contributed by atoms with Gasteiger partial charge >= 0.3 is 6.03 Å². The molecule has 2 fully saturated rings. The summed E-state index contributed by atoms with van der Waals surface area (Å²) < 4.78 is 0. The van der Waals surface area contributed by atoms with Crippen LogP contribution in [-0.4, -0.2) is 73.6 Å². The van der Waals surface area contributed by atoms with E-state index < -0.39 is 12.1 Å². The van der Waals surface area contributed by atoms with Crippen molar-refractivity contribution in [2.75, 3.05) is 45.8 Å². The molecular formula is C10H19N5O2. The van der Waals surface area contributed by atoms with E-state index in [0.29, 0.717) is 32.7 Å². The van der Waals surface area contributed by atoms with E-state index in [1.165, 1.54) is 4.90 Å². The van der Waals surface area contributed by atoms with E-state index in [1.807, 2.05) is 0 Å². The first kappa shape index (κ1) is 12.1. The van der Waals surface area contributed by atoms with Crippen LogP contribution in [-0.2, 0) is 4.79 Å². The molecule has 7 nitrogen and oxygen atoms in total. The number of nitrogens with two attached hydrogens (primary N) is 1. The summed E-state index contributed by atoms with van der Waals surface area (Å²) in [6.07, 6.45) is 0. The van der Waals surface area contributed by atoms with Crippen molar-refractivity contribution < 1.29 is 9.59 Å². The van der Waals surface area contributed by atoms with Gasteiger partial charge in [0.15, 0.2) is 0 Å². The van der Waals surface area contributed by atoms with Crippen LogP contribution in [0.1, 0.15) is 0 Å². The van der Waals surface area contributed by atoms with Gasteiger partial charge in [-0.1, -0.05) is 0 Å². The molecule has 2 aliphatic heterocycles. The van der Waals surface area contributed by atoms with Crippen molar-refractivity contribution in [3.8, 4) is 0 Å². The van der Waals surface area contributed by atoms with Gasteiger partial charge in [0.1, 0.15) is 6.04 Å². The van der Waals surface area contributed by atoms with Gasteiger partial charge in [-0.3, -0.25) is 4.79 Å². The molecule has 0 radical (unpaired) electrons. The molecule has 96 valence electrons. The highest BCUT2D eigenvalue weighted by atomic mass is 16.2. The lowest BCUT2D eigenvalue weighted by Gasteiger charge is -2.38. The first-order valence-corrected chi connectivity index (χ1v) is 5.96. The Kier molecular flexibility index (Phi) is 3.80. The molecule has 2 aliphatic rings. The molecule has 4 N–H and O–H groups in total. The summed E-state index contributed by atoms with van der Waals surface area (Å²) in [7, 11) is 0. The summed E-state index contributed by atoms with van der Waals surface area (Å²) in [5.74, 6) is -0.00231. The Morgan fingerprint density at radius 3 is 2.35 bits per heavy atom. The van der Waals surface area contributed by atoms with Crippen LogP contribution in [0.2, 0.25) is 0 Å². The van der Waals surface area contributed by atoms with Gasteiger partial charge in [-0.2, -0.15) is 0 Å².